The van der Waals surface area contributed by atoms with Crippen molar-refractivity contribution >= 4 is 5.91 Å². The Hall–Kier alpha value is -1.90. The normalized spacial score (nSPS) is 11.0. The Kier molecular flexibility index (Phi) is 4.87. The molecule has 0 saturated heterocycles. The Bertz CT molecular complexity index is 355. The van der Waals surface area contributed by atoms with Crippen molar-refractivity contribution < 1.29 is 4.79 Å². The van der Waals surface area contributed by atoms with Gasteiger partial charge < -0.3 is 5.32 Å². The van der Waals surface area contributed by atoms with Crippen LogP contribution in [0.25, 0.3) is 0 Å². The minimum Gasteiger partial charge on any atom is -0.348 e. The zero-order valence-corrected chi connectivity index (χ0v) is 8.68. The quantitative estimate of drug-likeness (QED) is 0.598. The van der Waals surface area contributed by atoms with Crippen LogP contribution < -0.4 is 5.32 Å². The van der Waals surface area contributed by atoms with Crippen molar-refractivity contribution in [2.45, 2.75) is 13.5 Å². The van der Waals surface area contributed by atoms with E-state index in [-0.39, 0.29) is 5.91 Å². The molecule has 1 aromatic rings. The molecule has 0 radical (unpaired) electrons. The second-order valence-electron chi connectivity index (χ2n) is 2.96. The summed E-state index contributed by atoms with van der Waals surface area (Å²) in [5, 5.41) is 2.77. The fourth-order valence-corrected chi connectivity index (χ4v) is 1.00. The van der Waals surface area contributed by atoms with Gasteiger partial charge in [0.2, 0.25) is 5.91 Å². The van der Waals surface area contributed by atoms with Crippen molar-refractivity contribution in [3.63, 3.8) is 0 Å². The summed E-state index contributed by atoms with van der Waals surface area (Å²) in [5.74, 6) is -0.0927. The SMILES string of the molecule is CC=CC=CC(=O)NCc1ccncc1. The molecule has 0 unspecified atom stereocenters. The van der Waals surface area contributed by atoms with Gasteiger partial charge in [-0.1, -0.05) is 18.2 Å². The molecular formula is C12H14N2O. The van der Waals surface area contributed by atoms with Crippen LogP contribution in [0.3, 0.4) is 0 Å². The molecule has 1 aromatic heterocycles. The van der Waals surface area contributed by atoms with Crippen LogP contribution in [0.5, 0.6) is 0 Å². The molecule has 0 atom stereocenters. The van der Waals surface area contributed by atoms with E-state index in [9.17, 15) is 4.79 Å². The van der Waals surface area contributed by atoms with Crippen LogP contribution in [0, 0.1) is 0 Å². The third-order valence-corrected chi connectivity index (χ3v) is 1.77. The van der Waals surface area contributed by atoms with E-state index < -0.39 is 0 Å². The molecule has 1 amide bonds. The Morgan fingerprint density at radius 1 is 1.40 bits per heavy atom. The summed E-state index contributed by atoms with van der Waals surface area (Å²) in [6.07, 6.45) is 10.3. The second kappa shape index (κ2) is 6.54. The zero-order chi connectivity index (χ0) is 10.9. The van der Waals surface area contributed by atoms with Crippen molar-refractivity contribution in [2.24, 2.45) is 0 Å². The molecule has 0 spiro atoms. The number of hydrogen-bond acceptors (Lipinski definition) is 2. The van der Waals surface area contributed by atoms with Gasteiger partial charge in [0.05, 0.1) is 0 Å². The number of rotatable bonds is 4. The molecule has 1 rings (SSSR count). The highest BCUT2D eigenvalue weighted by Crippen LogP contribution is 1.94. The first kappa shape index (κ1) is 11.2. The summed E-state index contributed by atoms with van der Waals surface area (Å²) in [4.78, 5) is 15.1. The lowest BCUT2D eigenvalue weighted by Crippen LogP contribution is -2.20. The standard InChI is InChI=1S/C12H14N2O/c1-2-3-4-5-12(15)14-10-11-6-8-13-9-7-11/h2-9H,10H2,1H3,(H,14,15). The lowest BCUT2D eigenvalue weighted by atomic mass is 10.3. The van der Waals surface area contributed by atoms with E-state index in [0.717, 1.165) is 5.56 Å². The molecule has 3 heteroatoms. The van der Waals surface area contributed by atoms with E-state index in [2.05, 4.69) is 10.3 Å². The van der Waals surface area contributed by atoms with E-state index in [1.807, 2.05) is 31.2 Å². The summed E-state index contributed by atoms with van der Waals surface area (Å²) >= 11 is 0. The summed E-state index contributed by atoms with van der Waals surface area (Å²) in [5.41, 5.74) is 1.04. The van der Waals surface area contributed by atoms with Gasteiger partial charge in [0, 0.05) is 25.0 Å². The van der Waals surface area contributed by atoms with Gasteiger partial charge in [0.1, 0.15) is 0 Å². The second-order valence-corrected chi connectivity index (χ2v) is 2.96. The number of amides is 1. The number of aromatic nitrogens is 1. The molecular weight excluding hydrogens is 188 g/mol. The van der Waals surface area contributed by atoms with Gasteiger partial charge in [0.15, 0.2) is 0 Å². The largest absolute Gasteiger partial charge is 0.348 e. The Morgan fingerprint density at radius 3 is 2.80 bits per heavy atom. The van der Waals surface area contributed by atoms with Crippen LogP contribution in [0.15, 0.2) is 48.8 Å². The van der Waals surface area contributed by atoms with Crippen molar-refractivity contribution in [1.82, 2.24) is 10.3 Å². The Balaban J connectivity index is 2.35. The molecule has 1 heterocycles. The molecule has 1 N–H and O–H groups in total. The first-order valence-corrected chi connectivity index (χ1v) is 4.79. The topological polar surface area (TPSA) is 42.0 Å². The maximum atomic E-state index is 11.2. The number of nitrogens with one attached hydrogen (secondary N) is 1. The Morgan fingerprint density at radius 2 is 2.13 bits per heavy atom. The Labute approximate surface area is 89.5 Å². The van der Waals surface area contributed by atoms with Crippen LogP contribution in [0.2, 0.25) is 0 Å². The molecule has 0 bridgehead atoms. The number of carbonyl (C=O) groups is 1. The minimum atomic E-state index is -0.0927. The fourth-order valence-electron chi connectivity index (χ4n) is 1.00. The van der Waals surface area contributed by atoms with Gasteiger partial charge in [-0.05, 0) is 24.6 Å². The van der Waals surface area contributed by atoms with E-state index in [1.54, 1.807) is 18.5 Å². The van der Waals surface area contributed by atoms with Gasteiger partial charge in [-0.3, -0.25) is 9.78 Å². The highest BCUT2D eigenvalue weighted by molar-refractivity contribution is 5.87. The molecule has 0 aliphatic carbocycles. The van der Waals surface area contributed by atoms with Crippen molar-refractivity contribution in [1.29, 1.82) is 0 Å². The van der Waals surface area contributed by atoms with Gasteiger partial charge in [-0.2, -0.15) is 0 Å². The number of allylic oxidation sites excluding steroid dienone is 3. The zero-order valence-electron chi connectivity index (χ0n) is 8.68. The van der Waals surface area contributed by atoms with Crippen LogP contribution in [0.4, 0.5) is 0 Å². The van der Waals surface area contributed by atoms with Gasteiger partial charge in [-0.25, -0.2) is 0 Å². The summed E-state index contributed by atoms with van der Waals surface area (Å²) < 4.78 is 0. The smallest absolute Gasteiger partial charge is 0.244 e. The molecule has 0 aliphatic heterocycles. The predicted octanol–water partition coefficient (Wildman–Crippen LogP) is 1.83. The fraction of sp³-hybridized carbons (Fsp3) is 0.167. The van der Waals surface area contributed by atoms with Crippen LogP contribution >= 0.6 is 0 Å². The third kappa shape index (κ3) is 4.76. The highest BCUT2D eigenvalue weighted by atomic mass is 16.1. The van der Waals surface area contributed by atoms with E-state index in [4.69, 9.17) is 0 Å². The molecule has 0 fully saturated rings. The molecule has 0 aliphatic rings. The lowest BCUT2D eigenvalue weighted by Gasteiger charge is -2.00. The number of pyridine rings is 1. The van der Waals surface area contributed by atoms with Gasteiger partial charge in [0.25, 0.3) is 0 Å². The maximum Gasteiger partial charge on any atom is 0.244 e. The first-order chi connectivity index (χ1) is 7.33. The van der Waals surface area contributed by atoms with Gasteiger partial charge in [-0.15, -0.1) is 0 Å². The average molecular weight is 202 g/mol. The van der Waals surface area contributed by atoms with Crippen LogP contribution in [-0.4, -0.2) is 10.9 Å². The predicted molar refractivity (Wildman–Crippen MR) is 60.0 cm³/mol. The number of carbonyl (C=O) groups excluding carboxylic acids is 1. The summed E-state index contributed by atoms with van der Waals surface area (Å²) in [6.45, 7) is 2.43. The van der Waals surface area contributed by atoms with E-state index in [0.29, 0.717) is 6.54 Å². The van der Waals surface area contributed by atoms with E-state index >= 15 is 0 Å². The number of nitrogens with zero attached hydrogens (tertiary/aromatic N) is 1. The molecule has 0 saturated carbocycles. The maximum absolute atomic E-state index is 11.2. The van der Waals surface area contributed by atoms with Crippen LogP contribution in [0.1, 0.15) is 12.5 Å². The minimum absolute atomic E-state index is 0.0927. The van der Waals surface area contributed by atoms with Crippen LogP contribution in [-0.2, 0) is 11.3 Å². The van der Waals surface area contributed by atoms with E-state index in [1.165, 1.54) is 6.08 Å². The number of hydrogen-bond donors (Lipinski definition) is 1. The molecule has 3 nitrogen and oxygen atoms in total. The monoisotopic (exact) mass is 202 g/mol. The summed E-state index contributed by atoms with van der Waals surface area (Å²) in [6, 6.07) is 3.74. The lowest BCUT2D eigenvalue weighted by molar-refractivity contribution is -0.116. The third-order valence-electron chi connectivity index (χ3n) is 1.77. The van der Waals surface area contributed by atoms with Crippen molar-refractivity contribution in [3.8, 4) is 0 Å². The average Bonchev–Trinajstić information content (AvgIpc) is 2.28. The van der Waals surface area contributed by atoms with Gasteiger partial charge >= 0.3 is 0 Å². The summed E-state index contributed by atoms with van der Waals surface area (Å²) in [7, 11) is 0. The van der Waals surface area contributed by atoms with Crippen molar-refractivity contribution in [3.05, 3.63) is 54.4 Å². The first-order valence-electron chi connectivity index (χ1n) is 4.79. The highest BCUT2D eigenvalue weighted by Gasteiger charge is 1.94. The molecule has 0 aromatic carbocycles. The molecule has 15 heavy (non-hydrogen) atoms. The molecule has 78 valence electrons. The van der Waals surface area contributed by atoms with Crippen molar-refractivity contribution in [2.75, 3.05) is 0 Å².